The third-order valence-electron chi connectivity index (χ3n) is 28.7. The molecule has 0 amide bonds. The molecule has 142 heavy (non-hydrogen) atoms. The lowest BCUT2D eigenvalue weighted by Crippen LogP contribution is -2.63. The van der Waals surface area contributed by atoms with Crippen LogP contribution in [0.5, 0.6) is 0 Å². The third kappa shape index (κ3) is 33.1. The van der Waals surface area contributed by atoms with Gasteiger partial charge in [0.15, 0.2) is 51.7 Å². The Morgan fingerprint density at radius 2 is 0.930 bits per heavy atom. The zero-order valence-electron chi connectivity index (χ0n) is 84.6. The van der Waals surface area contributed by atoms with E-state index in [2.05, 4.69) is 221 Å². The summed E-state index contributed by atoms with van der Waals surface area (Å²) in [5.41, 5.74) is 1.01. The number of ether oxygens (including phenoxy) is 14. The van der Waals surface area contributed by atoms with E-state index in [-0.39, 0.29) is 106 Å². The predicted octanol–water partition coefficient (Wildman–Crippen LogP) is 20.4. The first-order valence-electron chi connectivity index (χ1n) is 49.5. The largest absolute Gasteiger partial charge is 0.743 e. The molecule has 1 heterocycles. The standard InChI is InChI=1S/C33H50F2O11S.2C18H15S.C15H22F2O2.C14H20N2O3.C12H27NO6/c1-17(8-11-29(39)43-18(2)33(34,35)47(40,41)42)24-9-10-25-30-26(16-28(32(24,25)7)46-21(5)38)31(6)13-12-23(44-19(3)36)14-22(31)15-27(30)45-20(4)37;2*1-4-10-16(11-5-1)19(17-12-6-2-7-13-17)18-14-8-3-9-15-18;1-9(14(2,16)17)19-13(18)15-6-10-3-11(7-15)5-12(4-10)8-15;1-17-8-9-19-11-10-18-7-6-16-12-15-13-4-2-3-5-14(13)16;1-14-10-17-7-4-13(5-8-18-11-15-2)6-9-19-12-16-3/h17-18,22-28,30H,8-16H2,1-7H3,(H,40,41,42);2*1-15H;9-12H,3-8H2,1-2H3;2-5,12H,6-11H2,1H3;4-12H2,1-3H3/q;2*+1;;;/p-1/t17?,18?,22-,23+,24+,25-,26-,27+,28-,30-,31-,32+;;;;;/m0...../s1. The molecule has 32 heteroatoms. The average molecular weight is 2040 g/mol. The number of para-hydroxylation sites is 2. The molecule has 0 saturated heterocycles. The molecule has 8 fully saturated rings. The highest BCUT2D eigenvalue weighted by Crippen LogP contribution is 2.70. The number of carbonyl (C=O) groups excluding carboxylic acids is 5. The Kier molecular flexibility index (Phi) is 46.1. The SMILES string of the molecule is CC(=O)O[C@@H]1CC[C@@]2(C)[C@@H](C1)C[C@@H](OC(C)=O)[C@@H]1[C@@H]2C[C@H](OC(C)=O)[C@]2(C)[C@@H](C(C)CCC(=O)OC(C)C(F)(F)S(=O)(=O)[O-])CC[C@@H]12.CC(OC(=O)C12CC3CC(CC(C3)C1)C2)C(C)(F)F.COCCOCCOCCn1cnc2ccccc21.COCOCCN(CCOCOC)CCOCOC.c1ccc([S+](c2ccccc2)c2ccccc2)cc1.c1ccc([S+](c2ccccc2)c2ccccc2)cc1. The maximum Gasteiger partial charge on any atom is 0.369 e. The minimum absolute atomic E-state index is 0.0125. The Morgan fingerprint density at radius 3 is 1.35 bits per heavy atom. The van der Waals surface area contributed by atoms with Crippen molar-refractivity contribution < 1.29 is 121 Å². The highest BCUT2D eigenvalue weighted by molar-refractivity contribution is 7.97. The molecule has 0 spiro atoms. The lowest BCUT2D eigenvalue weighted by atomic mass is 9.43. The lowest BCUT2D eigenvalue weighted by molar-refractivity contribution is -0.224. The first-order chi connectivity index (χ1) is 68.1. The first-order valence-corrected chi connectivity index (χ1v) is 53.3. The molecule has 8 saturated carbocycles. The van der Waals surface area contributed by atoms with Gasteiger partial charge < -0.3 is 75.4 Å². The van der Waals surface area contributed by atoms with Crippen molar-refractivity contribution in [3.63, 3.8) is 0 Å². The van der Waals surface area contributed by atoms with Crippen LogP contribution >= 0.6 is 0 Å². The van der Waals surface area contributed by atoms with Gasteiger partial charge >= 0.3 is 35.1 Å². The number of hydrogen-bond acceptors (Lipinski definition) is 24. The molecule has 780 valence electrons. The maximum absolute atomic E-state index is 13.9. The van der Waals surface area contributed by atoms with E-state index in [0.717, 1.165) is 89.1 Å². The van der Waals surface area contributed by atoms with Crippen LogP contribution in [-0.4, -0.2) is 220 Å². The van der Waals surface area contributed by atoms with E-state index in [1.165, 1.54) is 76.3 Å². The molecular formula is C110H148F4N3O22S3+. The van der Waals surface area contributed by atoms with Gasteiger partial charge in [0.25, 0.3) is 5.92 Å². The van der Waals surface area contributed by atoms with Crippen LogP contribution in [0.3, 0.4) is 0 Å². The summed E-state index contributed by atoms with van der Waals surface area (Å²) in [5, 5.41) is -4.76. The molecule has 0 aliphatic heterocycles. The number of hydrogen-bond donors (Lipinski definition) is 0. The number of alkyl halides is 4. The summed E-state index contributed by atoms with van der Waals surface area (Å²) in [5.74, 6) is -3.61. The Balaban J connectivity index is 0.000000185. The summed E-state index contributed by atoms with van der Waals surface area (Å²) in [6.45, 7) is 22.4. The van der Waals surface area contributed by atoms with Crippen LogP contribution in [0.2, 0.25) is 0 Å². The Labute approximate surface area is 842 Å². The molecule has 3 unspecified atom stereocenters. The summed E-state index contributed by atoms with van der Waals surface area (Å²) in [6, 6.07) is 72.4. The molecule has 0 radical (unpaired) electrons. The van der Waals surface area contributed by atoms with Gasteiger partial charge in [0.05, 0.1) is 97.4 Å². The summed E-state index contributed by atoms with van der Waals surface area (Å²) in [7, 11) is 0.427. The van der Waals surface area contributed by atoms with Gasteiger partial charge in [0.2, 0.25) is 0 Å². The predicted molar refractivity (Wildman–Crippen MR) is 534 cm³/mol. The zero-order valence-corrected chi connectivity index (χ0v) is 87.0. The number of rotatable bonds is 43. The number of aromatic nitrogens is 2. The number of methoxy groups -OCH3 is 4. The van der Waals surface area contributed by atoms with E-state index in [4.69, 9.17) is 61.6 Å². The molecule has 7 aromatic carbocycles. The molecule has 13 atom stereocenters. The third-order valence-corrected chi connectivity index (χ3v) is 34.2. The number of imidazole rings is 1. The quantitative estimate of drug-likeness (QED) is 0.00652. The normalized spacial score (nSPS) is 24.1. The number of esters is 5. The van der Waals surface area contributed by atoms with Crippen LogP contribution in [0.1, 0.15) is 159 Å². The van der Waals surface area contributed by atoms with Gasteiger partial charge in [-0.25, -0.2) is 22.2 Å². The van der Waals surface area contributed by atoms with Crippen LogP contribution < -0.4 is 0 Å². The summed E-state index contributed by atoms with van der Waals surface area (Å²) < 4.78 is 163. The Bertz CT molecular complexity index is 4810. The van der Waals surface area contributed by atoms with Crippen molar-refractivity contribution in [3.05, 3.63) is 213 Å². The Morgan fingerprint density at radius 1 is 0.500 bits per heavy atom. The van der Waals surface area contributed by atoms with Crippen molar-refractivity contribution in [2.24, 2.45) is 69.5 Å². The minimum Gasteiger partial charge on any atom is -0.743 e. The summed E-state index contributed by atoms with van der Waals surface area (Å²) >= 11 is 0. The van der Waals surface area contributed by atoms with Crippen LogP contribution in [0.15, 0.2) is 242 Å². The van der Waals surface area contributed by atoms with Crippen LogP contribution in [0.25, 0.3) is 11.0 Å². The molecule has 0 N–H and O–H groups in total. The number of nitrogens with zero attached hydrogens (tertiary/aromatic N) is 3. The van der Waals surface area contributed by atoms with Crippen molar-refractivity contribution >= 4 is 72.8 Å². The monoisotopic (exact) mass is 2030 g/mol. The van der Waals surface area contributed by atoms with E-state index >= 15 is 0 Å². The van der Waals surface area contributed by atoms with E-state index < -0.39 is 62.4 Å². The molecule has 8 aromatic rings. The molecule has 4 bridgehead atoms. The van der Waals surface area contributed by atoms with Gasteiger partial charge in [-0.1, -0.05) is 142 Å². The van der Waals surface area contributed by atoms with E-state index in [0.29, 0.717) is 117 Å². The van der Waals surface area contributed by atoms with Crippen molar-refractivity contribution in [2.45, 2.75) is 236 Å². The molecule has 16 rings (SSSR count). The summed E-state index contributed by atoms with van der Waals surface area (Å²) in [6.07, 6.45) is 8.16. The molecule has 8 aliphatic carbocycles. The van der Waals surface area contributed by atoms with E-state index in [9.17, 15) is 54.5 Å². The van der Waals surface area contributed by atoms with Gasteiger partial charge in [-0.05, 0) is 241 Å². The smallest absolute Gasteiger partial charge is 0.369 e. The second-order valence-corrected chi connectivity index (χ2v) is 44.1. The van der Waals surface area contributed by atoms with Crippen molar-refractivity contribution in [2.75, 3.05) is 121 Å². The van der Waals surface area contributed by atoms with Crippen molar-refractivity contribution in [3.8, 4) is 0 Å². The fraction of sp³-hybridized carbons (Fsp3) is 0.564. The van der Waals surface area contributed by atoms with Crippen LogP contribution in [0.4, 0.5) is 17.6 Å². The summed E-state index contributed by atoms with van der Waals surface area (Å²) in [4.78, 5) is 76.3. The second kappa shape index (κ2) is 56.8. The average Bonchev–Trinajstić information content (AvgIpc) is 1.43. The van der Waals surface area contributed by atoms with Gasteiger partial charge in [-0.15, -0.1) is 0 Å². The topological polar surface area (TPSA) is 293 Å². The van der Waals surface area contributed by atoms with E-state index in [1.54, 1.807) is 28.4 Å². The van der Waals surface area contributed by atoms with Gasteiger partial charge in [-0.3, -0.25) is 28.9 Å². The van der Waals surface area contributed by atoms with Gasteiger partial charge in [0, 0.05) is 100 Å². The molecule has 1 aromatic heterocycles. The van der Waals surface area contributed by atoms with Gasteiger partial charge in [-0.2, -0.15) is 8.78 Å². The number of benzene rings is 7. The number of carbonyl (C=O) groups is 5. The molecule has 25 nitrogen and oxygen atoms in total. The first kappa shape index (κ1) is 115. The highest BCUT2D eigenvalue weighted by Gasteiger charge is 2.68. The second-order valence-electron chi connectivity index (χ2n) is 38.6. The van der Waals surface area contributed by atoms with Crippen LogP contribution in [0, 0.1) is 69.5 Å². The van der Waals surface area contributed by atoms with Crippen LogP contribution in [-0.2, 0) is 129 Å². The minimum atomic E-state index is -6.02. The lowest BCUT2D eigenvalue weighted by Gasteiger charge is -2.64. The number of fused-ring (bicyclic) bond motifs is 6. The highest BCUT2D eigenvalue weighted by atomic mass is 32.2. The molecule has 8 aliphatic rings. The van der Waals surface area contributed by atoms with Crippen molar-refractivity contribution in [1.29, 1.82) is 0 Å². The van der Waals surface area contributed by atoms with E-state index in [1.807, 2.05) is 31.5 Å². The fourth-order valence-electron chi connectivity index (χ4n) is 22.3. The fourth-order valence-corrected chi connectivity index (χ4v) is 26.9. The Hall–Kier alpha value is -8.71. The van der Waals surface area contributed by atoms with Crippen molar-refractivity contribution in [1.82, 2.24) is 14.5 Å². The number of halogens is 4. The zero-order chi connectivity index (χ0) is 102. The maximum atomic E-state index is 13.9. The van der Waals surface area contributed by atoms with Gasteiger partial charge in [0.1, 0.15) is 38.7 Å². The molecular weight excluding hydrogens is 1890 g/mol.